The normalized spacial score (nSPS) is 14.3. The molecule has 3 aromatic rings. The van der Waals surface area contributed by atoms with Crippen LogP contribution in [0.5, 0.6) is 5.75 Å². The maximum absolute atomic E-state index is 14.2. The van der Waals surface area contributed by atoms with Crippen LogP contribution in [-0.4, -0.2) is 50.9 Å². The van der Waals surface area contributed by atoms with Crippen molar-refractivity contribution in [1.29, 1.82) is 0 Å². The molecule has 0 aromatic heterocycles. The fourth-order valence-corrected chi connectivity index (χ4v) is 6.66. The Kier molecular flexibility index (Phi) is 10.2. The zero-order valence-electron chi connectivity index (χ0n) is 24.5. The molecule has 1 aliphatic carbocycles. The lowest BCUT2D eigenvalue weighted by molar-refractivity contribution is -0.139. The van der Waals surface area contributed by atoms with Gasteiger partial charge >= 0.3 is 0 Å². The molecule has 2 amide bonds. The second kappa shape index (κ2) is 13.6. The zero-order valence-corrected chi connectivity index (χ0v) is 26.0. The van der Waals surface area contributed by atoms with E-state index in [2.05, 4.69) is 5.32 Å². The number of carbonyl (C=O) groups excluding carboxylic acids is 2. The minimum absolute atomic E-state index is 0.0139. The molecular formula is C32H38ClN3O5S. The number of aryl methyl sites for hydroxylation is 2. The van der Waals surface area contributed by atoms with Gasteiger partial charge in [-0.25, -0.2) is 8.42 Å². The van der Waals surface area contributed by atoms with E-state index in [0.717, 1.165) is 46.7 Å². The fourth-order valence-electron chi connectivity index (χ4n) is 5.07. The van der Waals surface area contributed by atoms with Gasteiger partial charge in [0.05, 0.1) is 17.7 Å². The van der Waals surface area contributed by atoms with Crippen LogP contribution in [0.25, 0.3) is 0 Å². The Balaban J connectivity index is 1.73. The van der Waals surface area contributed by atoms with Crippen LogP contribution < -0.4 is 14.4 Å². The van der Waals surface area contributed by atoms with Gasteiger partial charge in [0.15, 0.2) is 0 Å². The zero-order chi connectivity index (χ0) is 30.4. The third-order valence-electron chi connectivity index (χ3n) is 7.64. The average Bonchev–Trinajstić information content (AvgIpc) is 3.48. The van der Waals surface area contributed by atoms with Crippen molar-refractivity contribution in [2.45, 2.75) is 70.0 Å². The second-order valence-corrected chi connectivity index (χ2v) is 13.1. The molecule has 4 rings (SSSR count). The summed E-state index contributed by atoms with van der Waals surface area (Å²) in [6.07, 6.45) is 3.92. The van der Waals surface area contributed by atoms with Crippen LogP contribution in [0, 0.1) is 13.8 Å². The highest BCUT2D eigenvalue weighted by Crippen LogP contribution is 2.35. The maximum atomic E-state index is 14.2. The summed E-state index contributed by atoms with van der Waals surface area (Å²) < 4.78 is 34.7. The van der Waals surface area contributed by atoms with Gasteiger partial charge in [0.2, 0.25) is 11.8 Å². The smallest absolute Gasteiger partial charge is 0.264 e. The van der Waals surface area contributed by atoms with E-state index in [0.29, 0.717) is 0 Å². The van der Waals surface area contributed by atoms with Gasteiger partial charge in [-0.05, 0) is 69.5 Å². The molecule has 0 aliphatic heterocycles. The number of nitrogens with one attached hydrogen (secondary N) is 1. The van der Waals surface area contributed by atoms with Crippen LogP contribution >= 0.6 is 11.6 Å². The summed E-state index contributed by atoms with van der Waals surface area (Å²) in [7, 11) is -2.82. The van der Waals surface area contributed by atoms with Crippen LogP contribution in [0.3, 0.4) is 0 Å². The third kappa shape index (κ3) is 7.44. The first-order valence-corrected chi connectivity index (χ1v) is 15.9. The molecule has 0 unspecified atom stereocenters. The van der Waals surface area contributed by atoms with E-state index < -0.39 is 28.5 Å². The number of amides is 2. The quantitative estimate of drug-likeness (QED) is 0.303. The van der Waals surface area contributed by atoms with Crippen LogP contribution in [0.2, 0.25) is 5.02 Å². The first-order chi connectivity index (χ1) is 20.0. The van der Waals surface area contributed by atoms with Gasteiger partial charge in [-0.15, -0.1) is 0 Å². The number of sulfonamides is 1. The van der Waals surface area contributed by atoms with Crippen LogP contribution in [0.1, 0.15) is 49.3 Å². The monoisotopic (exact) mass is 611 g/mol. The summed E-state index contributed by atoms with van der Waals surface area (Å²) >= 11 is 6.30. The lowest BCUT2D eigenvalue weighted by atomic mass is 10.1. The number of anilines is 1. The summed E-state index contributed by atoms with van der Waals surface area (Å²) in [6, 6.07) is 17.9. The highest BCUT2D eigenvalue weighted by Gasteiger charge is 2.34. The molecule has 0 spiro atoms. The molecule has 1 N–H and O–H groups in total. The molecule has 0 radical (unpaired) electrons. The van der Waals surface area contributed by atoms with E-state index >= 15 is 0 Å². The summed E-state index contributed by atoms with van der Waals surface area (Å²) in [4.78, 5) is 29.0. The number of halogens is 1. The van der Waals surface area contributed by atoms with E-state index in [1.807, 2.05) is 38.1 Å². The van der Waals surface area contributed by atoms with Gasteiger partial charge in [-0.2, -0.15) is 0 Å². The fraction of sp³-hybridized carbons (Fsp3) is 0.375. The Morgan fingerprint density at radius 3 is 2.17 bits per heavy atom. The Bertz CT molecular complexity index is 1500. The number of hydrogen-bond acceptors (Lipinski definition) is 5. The summed E-state index contributed by atoms with van der Waals surface area (Å²) in [5.41, 5.74) is 2.90. The first kappa shape index (κ1) is 31.4. The topological polar surface area (TPSA) is 96.0 Å². The largest absolute Gasteiger partial charge is 0.495 e. The van der Waals surface area contributed by atoms with Crippen molar-refractivity contribution in [1.82, 2.24) is 10.2 Å². The minimum atomic E-state index is -4.25. The van der Waals surface area contributed by atoms with E-state index in [4.69, 9.17) is 16.3 Å². The molecular weight excluding hydrogens is 574 g/mol. The number of rotatable bonds is 11. The highest BCUT2D eigenvalue weighted by atomic mass is 35.5. The Hall–Kier alpha value is -3.56. The average molecular weight is 612 g/mol. The second-order valence-electron chi connectivity index (χ2n) is 10.8. The molecule has 42 heavy (non-hydrogen) atoms. The molecule has 3 aromatic carbocycles. The van der Waals surface area contributed by atoms with E-state index in [9.17, 15) is 18.0 Å². The Morgan fingerprint density at radius 2 is 1.57 bits per heavy atom. The number of benzene rings is 3. The summed E-state index contributed by atoms with van der Waals surface area (Å²) in [6.45, 7) is 5.06. The molecule has 0 heterocycles. The molecule has 1 aliphatic rings. The molecule has 1 saturated carbocycles. The van der Waals surface area contributed by atoms with Crippen molar-refractivity contribution in [2.75, 3.05) is 18.0 Å². The van der Waals surface area contributed by atoms with Crippen molar-refractivity contribution >= 4 is 39.1 Å². The van der Waals surface area contributed by atoms with Gasteiger partial charge in [-0.1, -0.05) is 72.0 Å². The lowest BCUT2D eigenvalue weighted by Gasteiger charge is -2.33. The molecule has 0 saturated heterocycles. The van der Waals surface area contributed by atoms with Crippen molar-refractivity contribution in [3.05, 3.63) is 88.4 Å². The highest BCUT2D eigenvalue weighted by molar-refractivity contribution is 7.92. The number of ether oxygens (including phenoxy) is 1. The summed E-state index contributed by atoms with van der Waals surface area (Å²) in [5.74, 6) is -0.571. The molecule has 224 valence electrons. The molecule has 1 atom stereocenters. The Labute approximate surface area is 253 Å². The predicted molar refractivity (Wildman–Crippen MR) is 165 cm³/mol. The van der Waals surface area contributed by atoms with Crippen molar-refractivity contribution in [3.63, 3.8) is 0 Å². The SMILES string of the molecule is COc1ccc(Cl)cc1N(CC(=O)N(Cc1ccc(C)cc1)[C@@H](C)C(=O)NC1CCCC1)S(=O)(=O)c1ccc(C)cc1. The molecule has 8 nitrogen and oxygen atoms in total. The summed E-state index contributed by atoms with van der Waals surface area (Å²) in [5, 5.41) is 3.36. The number of carbonyl (C=O) groups is 2. The van der Waals surface area contributed by atoms with Crippen molar-refractivity contribution in [3.8, 4) is 5.75 Å². The van der Waals surface area contributed by atoms with Crippen molar-refractivity contribution in [2.24, 2.45) is 0 Å². The van der Waals surface area contributed by atoms with Gasteiger partial charge in [0, 0.05) is 17.6 Å². The predicted octanol–water partition coefficient (Wildman–Crippen LogP) is 5.64. The molecule has 10 heteroatoms. The standard InChI is InChI=1S/C32H38ClN3O5S/c1-22-9-13-25(14-10-22)20-35(24(3)32(38)34-27-7-5-6-8-27)31(37)21-36(29-19-26(33)15-18-30(29)41-4)42(39,40)28-16-11-23(2)12-17-28/h9-19,24,27H,5-8,20-21H2,1-4H3,(H,34,38)/t24-/m0/s1. The Morgan fingerprint density at radius 1 is 0.976 bits per heavy atom. The van der Waals surface area contributed by atoms with Gasteiger partial charge in [-0.3, -0.25) is 13.9 Å². The van der Waals surface area contributed by atoms with Crippen LogP contribution in [-0.2, 0) is 26.2 Å². The van der Waals surface area contributed by atoms with Gasteiger partial charge in [0.1, 0.15) is 18.3 Å². The number of methoxy groups -OCH3 is 1. The van der Waals surface area contributed by atoms with E-state index in [1.165, 1.54) is 30.2 Å². The van der Waals surface area contributed by atoms with Gasteiger partial charge < -0.3 is 15.0 Å². The third-order valence-corrected chi connectivity index (χ3v) is 9.65. The van der Waals surface area contributed by atoms with Gasteiger partial charge in [0.25, 0.3) is 10.0 Å². The minimum Gasteiger partial charge on any atom is -0.495 e. The van der Waals surface area contributed by atoms with Crippen LogP contribution in [0.15, 0.2) is 71.6 Å². The maximum Gasteiger partial charge on any atom is 0.264 e. The van der Waals surface area contributed by atoms with Crippen molar-refractivity contribution < 1.29 is 22.7 Å². The van der Waals surface area contributed by atoms with E-state index in [1.54, 1.807) is 31.2 Å². The molecule has 0 bridgehead atoms. The van der Waals surface area contributed by atoms with E-state index in [-0.39, 0.29) is 39.8 Å². The first-order valence-electron chi connectivity index (χ1n) is 14.1. The number of hydrogen-bond donors (Lipinski definition) is 1. The molecule has 1 fully saturated rings. The van der Waals surface area contributed by atoms with Crippen LogP contribution in [0.4, 0.5) is 5.69 Å². The number of nitrogens with zero attached hydrogens (tertiary/aromatic N) is 2. The lowest BCUT2D eigenvalue weighted by Crippen LogP contribution is -2.52.